The second-order valence-corrected chi connectivity index (χ2v) is 5.21. The first-order chi connectivity index (χ1) is 9.61. The van der Waals surface area contributed by atoms with E-state index in [1.54, 1.807) is 0 Å². The third-order valence-corrected chi connectivity index (χ3v) is 3.80. The molecule has 6 heteroatoms. The second-order valence-electron chi connectivity index (χ2n) is 5.21. The van der Waals surface area contributed by atoms with Crippen molar-refractivity contribution in [1.82, 2.24) is 10.2 Å². The zero-order valence-electron chi connectivity index (χ0n) is 11.6. The molecule has 0 aliphatic carbocycles. The van der Waals surface area contributed by atoms with Gasteiger partial charge in [0.1, 0.15) is 5.82 Å². The molecule has 0 amide bonds. The maximum absolute atomic E-state index is 13.4. The topological polar surface area (TPSA) is 58.4 Å². The van der Waals surface area contributed by atoms with E-state index < -0.39 is 10.7 Å². The van der Waals surface area contributed by atoms with Gasteiger partial charge in [-0.05, 0) is 38.6 Å². The van der Waals surface area contributed by atoms with E-state index in [1.807, 2.05) is 7.05 Å². The third-order valence-electron chi connectivity index (χ3n) is 3.80. The van der Waals surface area contributed by atoms with Crippen LogP contribution in [-0.2, 0) is 6.54 Å². The van der Waals surface area contributed by atoms with Gasteiger partial charge in [-0.25, -0.2) is 4.39 Å². The van der Waals surface area contributed by atoms with Crippen molar-refractivity contribution in [2.75, 3.05) is 20.1 Å². The van der Waals surface area contributed by atoms with E-state index in [0.717, 1.165) is 32.0 Å². The minimum atomic E-state index is -0.439. The van der Waals surface area contributed by atoms with Gasteiger partial charge in [0.25, 0.3) is 5.69 Å². The van der Waals surface area contributed by atoms with Gasteiger partial charge in [0.2, 0.25) is 0 Å². The fraction of sp³-hybridized carbons (Fsp3) is 0.571. The number of likely N-dealkylation sites (tertiary alicyclic amines) is 1. The number of hydrogen-bond acceptors (Lipinski definition) is 4. The van der Waals surface area contributed by atoms with Crippen LogP contribution < -0.4 is 5.32 Å². The summed E-state index contributed by atoms with van der Waals surface area (Å²) < 4.78 is 13.4. The lowest BCUT2D eigenvalue weighted by atomic mass is 10.0. The summed E-state index contributed by atoms with van der Waals surface area (Å²) in [5, 5.41) is 14.2. The average molecular weight is 281 g/mol. The van der Waals surface area contributed by atoms with Gasteiger partial charge in [-0.3, -0.25) is 15.0 Å². The minimum absolute atomic E-state index is 0.000168. The highest BCUT2D eigenvalue weighted by molar-refractivity contribution is 5.40. The Labute approximate surface area is 117 Å². The number of nitro groups is 1. The van der Waals surface area contributed by atoms with Crippen LogP contribution in [0.2, 0.25) is 0 Å². The van der Waals surface area contributed by atoms with Crippen LogP contribution >= 0.6 is 0 Å². The van der Waals surface area contributed by atoms with Gasteiger partial charge in [0, 0.05) is 30.8 Å². The van der Waals surface area contributed by atoms with E-state index >= 15 is 0 Å². The highest BCUT2D eigenvalue weighted by Gasteiger charge is 2.24. The molecule has 0 spiro atoms. The average Bonchev–Trinajstić information content (AvgIpc) is 2.41. The first kappa shape index (κ1) is 14.9. The molecule has 5 nitrogen and oxygen atoms in total. The molecular weight excluding hydrogens is 261 g/mol. The molecule has 0 aromatic heterocycles. The van der Waals surface area contributed by atoms with E-state index in [1.165, 1.54) is 18.6 Å². The van der Waals surface area contributed by atoms with Crippen molar-refractivity contribution in [2.24, 2.45) is 0 Å². The summed E-state index contributed by atoms with van der Waals surface area (Å²) in [5.41, 5.74) is 0.457. The highest BCUT2D eigenvalue weighted by atomic mass is 19.1. The molecule has 20 heavy (non-hydrogen) atoms. The summed E-state index contributed by atoms with van der Waals surface area (Å²) in [5.74, 6) is -0.423. The summed E-state index contributed by atoms with van der Waals surface area (Å²) >= 11 is 0. The van der Waals surface area contributed by atoms with E-state index in [9.17, 15) is 14.5 Å². The number of nitrogens with zero attached hydrogens (tertiary/aromatic N) is 2. The third kappa shape index (κ3) is 3.52. The van der Waals surface area contributed by atoms with Gasteiger partial charge >= 0.3 is 0 Å². The molecule has 1 aliphatic heterocycles. The lowest BCUT2D eigenvalue weighted by molar-refractivity contribution is -0.385. The van der Waals surface area contributed by atoms with Gasteiger partial charge < -0.3 is 5.32 Å². The molecule has 1 fully saturated rings. The molecule has 1 atom stereocenters. The Morgan fingerprint density at radius 1 is 1.50 bits per heavy atom. The van der Waals surface area contributed by atoms with Crippen molar-refractivity contribution in [3.63, 3.8) is 0 Å². The summed E-state index contributed by atoms with van der Waals surface area (Å²) in [7, 11) is 1.90. The molecule has 1 aliphatic rings. The Morgan fingerprint density at radius 2 is 2.30 bits per heavy atom. The van der Waals surface area contributed by atoms with Crippen LogP contribution in [0.5, 0.6) is 0 Å². The van der Waals surface area contributed by atoms with Crippen molar-refractivity contribution in [2.45, 2.75) is 31.8 Å². The molecular formula is C14H20FN3O2. The number of likely N-dealkylation sites (N-methyl/N-ethyl adjacent to an activating group) is 1. The van der Waals surface area contributed by atoms with Crippen molar-refractivity contribution >= 4 is 5.69 Å². The zero-order valence-corrected chi connectivity index (χ0v) is 11.6. The summed E-state index contributed by atoms with van der Waals surface area (Å²) in [6.07, 6.45) is 3.33. The van der Waals surface area contributed by atoms with Gasteiger partial charge in [0.05, 0.1) is 4.92 Å². The quantitative estimate of drug-likeness (QED) is 0.664. The van der Waals surface area contributed by atoms with Crippen LogP contribution in [-0.4, -0.2) is 36.0 Å². The normalized spacial score (nSPS) is 20.0. The predicted octanol–water partition coefficient (Wildman–Crippen LogP) is 2.31. The van der Waals surface area contributed by atoms with Crippen molar-refractivity contribution in [3.05, 3.63) is 39.7 Å². The van der Waals surface area contributed by atoms with Crippen LogP contribution in [0, 0.1) is 15.9 Å². The molecule has 1 unspecified atom stereocenters. The Bertz CT molecular complexity index is 479. The molecule has 1 aromatic rings. The Balaban J connectivity index is 2.18. The fourth-order valence-electron chi connectivity index (χ4n) is 2.81. The minimum Gasteiger partial charge on any atom is -0.318 e. The molecule has 0 bridgehead atoms. The van der Waals surface area contributed by atoms with Gasteiger partial charge in [0.15, 0.2) is 0 Å². The molecule has 1 heterocycles. The number of nitro benzene ring substituents is 1. The van der Waals surface area contributed by atoms with Crippen LogP contribution in [0.4, 0.5) is 10.1 Å². The second kappa shape index (κ2) is 6.76. The fourth-order valence-corrected chi connectivity index (χ4v) is 2.81. The lowest BCUT2D eigenvalue weighted by Crippen LogP contribution is -2.44. The highest BCUT2D eigenvalue weighted by Crippen LogP contribution is 2.25. The summed E-state index contributed by atoms with van der Waals surface area (Å²) in [6, 6.07) is 4.03. The van der Waals surface area contributed by atoms with E-state index in [2.05, 4.69) is 10.2 Å². The van der Waals surface area contributed by atoms with Crippen molar-refractivity contribution < 1.29 is 9.31 Å². The monoisotopic (exact) mass is 281 g/mol. The SMILES string of the molecule is CNCC1CCCCN1Cc1cc(F)ccc1[N+](=O)[O-]. The number of piperidine rings is 1. The van der Waals surface area contributed by atoms with Gasteiger partial charge in [-0.1, -0.05) is 6.42 Å². The molecule has 1 aromatic carbocycles. The maximum atomic E-state index is 13.4. The van der Waals surface area contributed by atoms with Crippen molar-refractivity contribution in [3.8, 4) is 0 Å². The smallest absolute Gasteiger partial charge is 0.274 e. The molecule has 1 N–H and O–H groups in total. The Morgan fingerprint density at radius 3 is 3.00 bits per heavy atom. The van der Waals surface area contributed by atoms with Crippen LogP contribution in [0.3, 0.4) is 0 Å². The maximum Gasteiger partial charge on any atom is 0.274 e. The molecule has 0 saturated carbocycles. The summed E-state index contributed by atoms with van der Waals surface area (Å²) in [6.45, 7) is 2.18. The van der Waals surface area contributed by atoms with E-state index in [0.29, 0.717) is 18.2 Å². The largest absolute Gasteiger partial charge is 0.318 e. The predicted molar refractivity (Wildman–Crippen MR) is 75.0 cm³/mol. The first-order valence-corrected chi connectivity index (χ1v) is 6.93. The van der Waals surface area contributed by atoms with Crippen LogP contribution in [0.25, 0.3) is 0 Å². The van der Waals surface area contributed by atoms with Crippen LogP contribution in [0.15, 0.2) is 18.2 Å². The van der Waals surface area contributed by atoms with E-state index in [-0.39, 0.29) is 5.69 Å². The van der Waals surface area contributed by atoms with Gasteiger partial charge in [-0.2, -0.15) is 0 Å². The number of benzene rings is 1. The standard InChI is InChI=1S/C14H20FN3O2/c1-16-9-13-4-2-3-7-17(13)10-11-8-12(15)5-6-14(11)18(19)20/h5-6,8,13,16H,2-4,7,9-10H2,1H3. The molecule has 0 radical (unpaired) electrons. The Hall–Kier alpha value is -1.53. The number of halogens is 1. The number of rotatable bonds is 5. The molecule has 1 saturated heterocycles. The summed E-state index contributed by atoms with van der Waals surface area (Å²) in [4.78, 5) is 12.8. The molecule has 110 valence electrons. The van der Waals surface area contributed by atoms with E-state index in [4.69, 9.17) is 0 Å². The number of nitrogens with one attached hydrogen (secondary N) is 1. The first-order valence-electron chi connectivity index (χ1n) is 6.93. The lowest BCUT2D eigenvalue weighted by Gasteiger charge is -2.35. The molecule has 2 rings (SSSR count). The Kier molecular flexibility index (Phi) is 5.03. The van der Waals surface area contributed by atoms with Gasteiger partial charge in [-0.15, -0.1) is 0 Å². The zero-order chi connectivity index (χ0) is 14.5. The van der Waals surface area contributed by atoms with Crippen LogP contribution in [0.1, 0.15) is 24.8 Å². The van der Waals surface area contributed by atoms with Crippen molar-refractivity contribution in [1.29, 1.82) is 0 Å². The number of hydrogen-bond donors (Lipinski definition) is 1.